The van der Waals surface area contributed by atoms with Gasteiger partial charge in [0.15, 0.2) is 0 Å². The van der Waals surface area contributed by atoms with Crippen molar-refractivity contribution in [2.24, 2.45) is 5.92 Å². The molecular weight excluding hydrogens is 273 g/mol. The Hall–Kier alpha value is -0.900. The molecule has 16 heavy (non-hydrogen) atoms. The molecule has 1 N–H and O–H groups in total. The summed E-state index contributed by atoms with van der Waals surface area (Å²) in [4.78, 5) is 11.7. The van der Waals surface area contributed by atoms with Crippen LogP contribution in [-0.4, -0.2) is 17.8 Å². The average Bonchev–Trinajstić information content (AvgIpc) is 2.28. The van der Waals surface area contributed by atoms with E-state index >= 15 is 0 Å². The van der Waals surface area contributed by atoms with Crippen molar-refractivity contribution in [3.63, 3.8) is 0 Å². The Kier molecular flexibility index (Phi) is 4.93. The van der Waals surface area contributed by atoms with Gasteiger partial charge in [-0.15, -0.1) is 0 Å². The molecule has 1 rings (SSSR count). The lowest BCUT2D eigenvalue weighted by Gasteiger charge is -2.10. The van der Waals surface area contributed by atoms with E-state index < -0.39 is 5.82 Å². The molecule has 1 atom stereocenters. The summed E-state index contributed by atoms with van der Waals surface area (Å²) >= 11 is 3.32. The van der Waals surface area contributed by atoms with Crippen LogP contribution in [0.15, 0.2) is 18.2 Å². The molecule has 0 aliphatic heterocycles. The second kappa shape index (κ2) is 5.99. The van der Waals surface area contributed by atoms with Crippen molar-refractivity contribution in [2.75, 3.05) is 11.9 Å². The van der Waals surface area contributed by atoms with Crippen LogP contribution in [0.25, 0.3) is 0 Å². The number of hydrogen-bond donors (Lipinski definition) is 1. The van der Waals surface area contributed by atoms with Crippen LogP contribution in [0.5, 0.6) is 0 Å². The SMILES string of the molecule is Cc1ccc(F)c(C(=O)NCC(C)CBr)c1. The molecule has 0 fully saturated rings. The molecule has 0 bridgehead atoms. The number of benzene rings is 1. The first kappa shape index (κ1) is 13.2. The average molecular weight is 288 g/mol. The van der Waals surface area contributed by atoms with Gasteiger partial charge in [-0.1, -0.05) is 34.5 Å². The fourth-order valence-electron chi connectivity index (χ4n) is 1.23. The summed E-state index contributed by atoms with van der Waals surface area (Å²) in [5.74, 6) is -0.500. The van der Waals surface area contributed by atoms with Gasteiger partial charge in [-0.2, -0.15) is 0 Å². The van der Waals surface area contributed by atoms with Crippen molar-refractivity contribution in [2.45, 2.75) is 13.8 Å². The molecule has 88 valence electrons. The minimum atomic E-state index is -0.477. The number of carbonyl (C=O) groups excluding carboxylic acids is 1. The molecule has 1 aromatic carbocycles. The van der Waals surface area contributed by atoms with E-state index in [0.29, 0.717) is 12.5 Å². The van der Waals surface area contributed by atoms with Crippen molar-refractivity contribution in [1.29, 1.82) is 0 Å². The van der Waals surface area contributed by atoms with Gasteiger partial charge >= 0.3 is 0 Å². The molecule has 0 heterocycles. The van der Waals surface area contributed by atoms with Crippen molar-refractivity contribution in [3.8, 4) is 0 Å². The summed E-state index contributed by atoms with van der Waals surface area (Å²) in [6.45, 7) is 4.37. The van der Waals surface area contributed by atoms with Crippen LogP contribution in [0.2, 0.25) is 0 Å². The van der Waals surface area contributed by atoms with Crippen LogP contribution in [0, 0.1) is 18.7 Å². The predicted octanol–water partition coefficient (Wildman–Crippen LogP) is 2.89. The van der Waals surface area contributed by atoms with Crippen molar-refractivity contribution < 1.29 is 9.18 Å². The number of aryl methyl sites for hydroxylation is 1. The first-order valence-corrected chi connectivity index (χ1v) is 6.27. The Morgan fingerprint density at radius 3 is 2.88 bits per heavy atom. The van der Waals surface area contributed by atoms with Crippen LogP contribution >= 0.6 is 15.9 Å². The number of hydrogen-bond acceptors (Lipinski definition) is 1. The maximum Gasteiger partial charge on any atom is 0.254 e. The second-order valence-electron chi connectivity index (χ2n) is 3.95. The lowest BCUT2D eigenvalue weighted by atomic mass is 10.1. The van der Waals surface area contributed by atoms with E-state index in [-0.39, 0.29) is 11.5 Å². The van der Waals surface area contributed by atoms with Gasteiger partial charge in [0.2, 0.25) is 0 Å². The number of amides is 1. The molecular formula is C12H15BrFNO. The van der Waals surface area contributed by atoms with Crippen molar-refractivity contribution >= 4 is 21.8 Å². The largest absolute Gasteiger partial charge is 0.352 e. The van der Waals surface area contributed by atoms with Gasteiger partial charge in [0.1, 0.15) is 5.82 Å². The smallest absolute Gasteiger partial charge is 0.254 e. The first-order valence-electron chi connectivity index (χ1n) is 5.15. The van der Waals surface area contributed by atoms with E-state index in [2.05, 4.69) is 21.2 Å². The Morgan fingerprint density at radius 2 is 2.25 bits per heavy atom. The predicted molar refractivity (Wildman–Crippen MR) is 66.4 cm³/mol. The van der Waals surface area contributed by atoms with Crippen LogP contribution in [0.4, 0.5) is 4.39 Å². The Bertz CT molecular complexity index is 381. The highest BCUT2D eigenvalue weighted by Crippen LogP contribution is 2.10. The highest BCUT2D eigenvalue weighted by molar-refractivity contribution is 9.09. The third kappa shape index (κ3) is 3.59. The molecule has 0 spiro atoms. The molecule has 1 aromatic rings. The topological polar surface area (TPSA) is 29.1 Å². The van der Waals surface area contributed by atoms with Gasteiger partial charge in [-0.05, 0) is 25.0 Å². The molecule has 0 aromatic heterocycles. The number of alkyl halides is 1. The lowest BCUT2D eigenvalue weighted by molar-refractivity contribution is 0.0945. The molecule has 0 saturated heterocycles. The normalized spacial score (nSPS) is 12.2. The highest BCUT2D eigenvalue weighted by Gasteiger charge is 2.12. The Labute approximate surface area is 103 Å². The van der Waals surface area contributed by atoms with Gasteiger partial charge in [-0.3, -0.25) is 4.79 Å². The van der Waals surface area contributed by atoms with E-state index in [0.717, 1.165) is 10.9 Å². The molecule has 4 heteroatoms. The van der Waals surface area contributed by atoms with Crippen LogP contribution < -0.4 is 5.32 Å². The van der Waals surface area contributed by atoms with Gasteiger partial charge in [0, 0.05) is 11.9 Å². The van der Waals surface area contributed by atoms with Crippen molar-refractivity contribution in [3.05, 3.63) is 35.1 Å². The zero-order valence-corrected chi connectivity index (χ0v) is 11.0. The van der Waals surface area contributed by atoms with Crippen molar-refractivity contribution in [1.82, 2.24) is 5.32 Å². The van der Waals surface area contributed by atoms with E-state index in [4.69, 9.17) is 0 Å². The highest BCUT2D eigenvalue weighted by atomic mass is 79.9. The van der Waals surface area contributed by atoms with Crippen LogP contribution in [0.1, 0.15) is 22.8 Å². The minimum Gasteiger partial charge on any atom is -0.352 e. The standard InChI is InChI=1S/C12H15BrFNO/c1-8-3-4-11(14)10(5-8)12(16)15-7-9(2)6-13/h3-5,9H,6-7H2,1-2H3,(H,15,16). The molecule has 0 radical (unpaired) electrons. The summed E-state index contributed by atoms with van der Waals surface area (Å²) in [6, 6.07) is 4.52. The monoisotopic (exact) mass is 287 g/mol. The summed E-state index contributed by atoms with van der Waals surface area (Å²) in [5.41, 5.74) is 0.988. The zero-order chi connectivity index (χ0) is 12.1. The number of nitrogens with one attached hydrogen (secondary N) is 1. The van der Waals surface area contributed by atoms with Gasteiger partial charge in [0.25, 0.3) is 5.91 Å². The van der Waals surface area contributed by atoms with Gasteiger partial charge < -0.3 is 5.32 Å². The third-order valence-corrected chi connectivity index (χ3v) is 3.35. The van der Waals surface area contributed by atoms with E-state index in [9.17, 15) is 9.18 Å². The zero-order valence-electron chi connectivity index (χ0n) is 9.39. The molecule has 0 saturated carbocycles. The maximum atomic E-state index is 13.4. The van der Waals surface area contributed by atoms with Gasteiger partial charge in [-0.25, -0.2) is 4.39 Å². The quantitative estimate of drug-likeness (QED) is 0.848. The van der Waals surface area contributed by atoms with E-state index in [1.54, 1.807) is 12.1 Å². The van der Waals surface area contributed by atoms with Gasteiger partial charge in [0.05, 0.1) is 5.56 Å². The Morgan fingerprint density at radius 1 is 1.56 bits per heavy atom. The number of halogens is 2. The third-order valence-electron chi connectivity index (χ3n) is 2.24. The number of rotatable bonds is 4. The molecule has 0 aliphatic carbocycles. The Balaban J connectivity index is 2.69. The number of carbonyl (C=O) groups is 1. The van der Waals surface area contributed by atoms with E-state index in [1.807, 2.05) is 13.8 Å². The summed E-state index contributed by atoms with van der Waals surface area (Å²) in [5, 5.41) is 3.52. The van der Waals surface area contributed by atoms with E-state index in [1.165, 1.54) is 6.07 Å². The summed E-state index contributed by atoms with van der Waals surface area (Å²) in [7, 11) is 0. The summed E-state index contributed by atoms with van der Waals surface area (Å²) in [6.07, 6.45) is 0. The lowest BCUT2D eigenvalue weighted by Crippen LogP contribution is -2.29. The fourth-order valence-corrected chi connectivity index (χ4v) is 1.46. The molecule has 1 unspecified atom stereocenters. The second-order valence-corrected chi connectivity index (χ2v) is 4.60. The van der Waals surface area contributed by atoms with Crippen LogP contribution in [0.3, 0.4) is 0 Å². The first-order chi connectivity index (χ1) is 7.54. The van der Waals surface area contributed by atoms with Crippen LogP contribution in [-0.2, 0) is 0 Å². The minimum absolute atomic E-state index is 0.113. The molecule has 1 amide bonds. The maximum absolute atomic E-state index is 13.4. The summed E-state index contributed by atoms with van der Waals surface area (Å²) < 4.78 is 13.4. The molecule has 0 aliphatic rings. The fraction of sp³-hybridized carbons (Fsp3) is 0.417. The molecule has 2 nitrogen and oxygen atoms in total.